The van der Waals surface area contributed by atoms with Gasteiger partial charge in [-0.2, -0.15) is 0 Å². The molecule has 1 unspecified atom stereocenters. The van der Waals surface area contributed by atoms with Crippen LogP contribution >= 0.6 is 0 Å². The van der Waals surface area contributed by atoms with E-state index in [2.05, 4.69) is 9.88 Å². The Morgan fingerprint density at radius 3 is 2.96 bits per heavy atom. The predicted molar refractivity (Wildman–Crippen MR) is 96.5 cm³/mol. The number of carbonyl (C=O) groups is 1. The van der Waals surface area contributed by atoms with E-state index in [9.17, 15) is 4.79 Å². The Morgan fingerprint density at radius 2 is 2.20 bits per heavy atom. The van der Waals surface area contributed by atoms with E-state index in [1.807, 2.05) is 24.0 Å². The Hall–Kier alpha value is -1.46. The van der Waals surface area contributed by atoms with Gasteiger partial charge in [-0.3, -0.25) is 9.78 Å². The number of nitrogens with zero attached hydrogens (tertiary/aromatic N) is 3. The Morgan fingerprint density at radius 1 is 1.32 bits per heavy atom. The zero-order chi connectivity index (χ0) is 17.3. The number of amides is 1. The number of hydrogen-bond donors (Lipinski definition) is 0. The molecular weight excluding hydrogens is 314 g/mol. The first-order valence-electron chi connectivity index (χ1n) is 9.66. The van der Waals surface area contributed by atoms with E-state index in [-0.39, 0.29) is 11.3 Å². The Balaban J connectivity index is 1.46. The van der Waals surface area contributed by atoms with E-state index >= 15 is 0 Å². The lowest BCUT2D eigenvalue weighted by Crippen LogP contribution is -2.52. The molecule has 1 atom stereocenters. The SMILES string of the molecule is Cc1ccc(C(=O)N2CCCC3(COCCN(CC4CC4)C3)C2)cn1. The fraction of sp³-hybridized carbons (Fsp3) is 0.700. The standard InChI is InChI=1S/C20H29N3O2/c1-16-3-6-18(11-21-16)19(24)23-8-2-7-20(14-23)13-22(9-10-25-15-20)12-17-4-5-17/h3,6,11,17H,2,4-5,7-10,12-15H2,1H3. The van der Waals surface area contributed by atoms with Gasteiger partial charge in [0.2, 0.25) is 0 Å². The van der Waals surface area contributed by atoms with Gasteiger partial charge in [-0.05, 0) is 50.7 Å². The van der Waals surface area contributed by atoms with Gasteiger partial charge in [-0.25, -0.2) is 0 Å². The number of carbonyl (C=O) groups excluding carboxylic acids is 1. The normalized spacial score (nSPS) is 28.1. The van der Waals surface area contributed by atoms with Gasteiger partial charge in [0.15, 0.2) is 0 Å². The summed E-state index contributed by atoms with van der Waals surface area (Å²) in [4.78, 5) is 21.8. The van der Waals surface area contributed by atoms with E-state index in [1.165, 1.54) is 19.4 Å². The maximum absolute atomic E-state index is 12.9. The van der Waals surface area contributed by atoms with Crippen LogP contribution in [0.15, 0.2) is 18.3 Å². The molecule has 1 spiro atoms. The molecule has 3 aliphatic rings. The molecule has 2 aliphatic heterocycles. The Labute approximate surface area is 150 Å². The molecule has 1 aromatic heterocycles. The summed E-state index contributed by atoms with van der Waals surface area (Å²) in [7, 11) is 0. The smallest absolute Gasteiger partial charge is 0.255 e. The van der Waals surface area contributed by atoms with Crippen molar-refractivity contribution in [2.24, 2.45) is 11.3 Å². The molecule has 0 N–H and O–H groups in total. The maximum Gasteiger partial charge on any atom is 0.255 e. The van der Waals surface area contributed by atoms with Crippen molar-refractivity contribution in [1.29, 1.82) is 0 Å². The molecule has 0 radical (unpaired) electrons. The lowest BCUT2D eigenvalue weighted by atomic mass is 9.80. The first kappa shape index (κ1) is 17.0. The number of likely N-dealkylation sites (tertiary alicyclic amines) is 1. The fourth-order valence-corrected chi connectivity index (χ4v) is 4.31. The highest BCUT2D eigenvalue weighted by Crippen LogP contribution is 2.36. The lowest BCUT2D eigenvalue weighted by Gasteiger charge is -2.43. The van der Waals surface area contributed by atoms with Gasteiger partial charge >= 0.3 is 0 Å². The fourth-order valence-electron chi connectivity index (χ4n) is 4.31. The van der Waals surface area contributed by atoms with Gasteiger partial charge in [-0.15, -0.1) is 0 Å². The second-order valence-corrected chi connectivity index (χ2v) is 8.25. The summed E-state index contributed by atoms with van der Waals surface area (Å²) in [5.74, 6) is 1.01. The third-order valence-corrected chi connectivity index (χ3v) is 5.84. The number of ether oxygens (including phenoxy) is 1. The number of pyridine rings is 1. The largest absolute Gasteiger partial charge is 0.379 e. The third-order valence-electron chi connectivity index (χ3n) is 5.84. The average molecular weight is 343 g/mol. The van der Waals surface area contributed by atoms with Crippen LogP contribution < -0.4 is 0 Å². The maximum atomic E-state index is 12.9. The summed E-state index contributed by atoms with van der Waals surface area (Å²) in [5.41, 5.74) is 1.74. The highest BCUT2D eigenvalue weighted by Gasteiger charge is 2.41. The summed E-state index contributed by atoms with van der Waals surface area (Å²) in [6.07, 6.45) is 6.70. The summed E-state index contributed by atoms with van der Waals surface area (Å²) in [6.45, 7) is 8.52. The zero-order valence-corrected chi connectivity index (χ0v) is 15.2. The minimum absolute atomic E-state index is 0.0947. The first-order valence-corrected chi connectivity index (χ1v) is 9.66. The van der Waals surface area contributed by atoms with Gasteiger partial charge in [-0.1, -0.05) is 0 Å². The molecule has 136 valence electrons. The summed E-state index contributed by atoms with van der Waals surface area (Å²) >= 11 is 0. The highest BCUT2D eigenvalue weighted by atomic mass is 16.5. The molecule has 25 heavy (non-hydrogen) atoms. The summed E-state index contributed by atoms with van der Waals surface area (Å²) < 4.78 is 5.98. The van der Waals surface area contributed by atoms with Crippen LogP contribution in [0.3, 0.4) is 0 Å². The minimum atomic E-state index is 0.0947. The van der Waals surface area contributed by atoms with Crippen molar-refractivity contribution in [2.75, 3.05) is 45.9 Å². The van der Waals surface area contributed by atoms with Crippen molar-refractivity contribution >= 4 is 5.91 Å². The predicted octanol–water partition coefficient (Wildman–Crippen LogP) is 2.35. The third kappa shape index (κ3) is 4.04. The van der Waals surface area contributed by atoms with Gasteiger partial charge in [0.05, 0.1) is 18.8 Å². The van der Waals surface area contributed by atoms with Gasteiger partial charge in [0, 0.05) is 50.0 Å². The number of aryl methyl sites for hydroxylation is 1. The van der Waals surface area contributed by atoms with E-state index in [0.29, 0.717) is 5.56 Å². The van der Waals surface area contributed by atoms with Crippen LogP contribution in [-0.2, 0) is 4.74 Å². The van der Waals surface area contributed by atoms with Crippen molar-refractivity contribution in [2.45, 2.75) is 32.6 Å². The van der Waals surface area contributed by atoms with Crippen molar-refractivity contribution in [3.8, 4) is 0 Å². The topological polar surface area (TPSA) is 45.7 Å². The van der Waals surface area contributed by atoms with Crippen LogP contribution in [-0.4, -0.2) is 66.6 Å². The summed E-state index contributed by atoms with van der Waals surface area (Å²) in [5, 5.41) is 0. The van der Waals surface area contributed by atoms with E-state index in [1.54, 1.807) is 6.20 Å². The molecule has 5 nitrogen and oxygen atoms in total. The van der Waals surface area contributed by atoms with Gasteiger partial charge < -0.3 is 14.5 Å². The minimum Gasteiger partial charge on any atom is -0.379 e. The van der Waals surface area contributed by atoms with Crippen molar-refractivity contribution < 1.29 is 9.53 Å². The van der Waals surface area contributed by atoms with Crippen molar-refractivity contribution in [1.82, 2.24) is 14.8 Å². The van der Waals surface area contributed by atoms with Crippen LogP contribution in [0.4, 0.5) is 0 Å². The molecule has 0 bridgehead atoms. The van der Waals surface area contributed by atoms with Crippen LogP contribution in [0.25, 0.3) is 0 Å². The molecule has 1 saturated carbocycles. The monoisotopic (exact) mass is 343 g/mol. The van der Waals surface area contributed by atoms with Crippen LogP contribution in [0.1, 0.15) is 41.7 Å². The zero-order valence-electron chi connectivity index (χ0n) is 15.2. The molecule has 0 aromatic carbocycles. The molecule has 1 aliphatic carbocycles. The molecular formula is C20H29N3O2. The number of piperidine rings is 1. The van der Waals surface area contributed by atoms with Crippen LogP contribution in [0, 0.1) is 18.3 Å². The van der Waals surface area contributed by atoms with Gasteiger partial charge in [0.25, 0.3) is 5.91 Å². The molecule has 2 saturated heterocycles. The molecule has 3 heterocycles. The molecule has 1 amide bonds. The average Bonchev–Trinajstić information content (AvgIpc) is 3.44. The second-order valence-electron chi connectivity index (χ2n) is 8.25. The molecule has 3 fully saturated rings. The van der Waals surface area contributed by atoms with Crippen molar-refractivity contribution in [3.63, 3.8) is 0 Å². The summed E-state index contributed by atoms with van der Waals surface area (Å²) in [6, 6.07) is 3.81. The lowest BCUT2D eigenvalue weighted by molar-refractivity contribution is 0.00716. The Kier molecular flexibility index (Phi) is 4.78. The van der Waals surface area contributed by atoms with E-state index in [0.717, 1.165) is 63.8 Å². The van der Waals surface area contributed by atoms with Crippen LogP contribution in [0.5, 0.6) is 0 Å². The molecule has 1 aromatic rings. The molecule has 4 rings (SSSR count). The highest BCUT2D eigenvalue weighted by molar-refractivity contribution is 5.94. The van der Waals surface area contributed by atoms with E-state index < -0.39 is 0 Å². The number of aromatic nitrogens is 1. The Bertz CT molecular complexity index is 614. The van der Waals surface area contributed by atoms with Gasteiger partial charge in [0.1, 0.15) is 0 Å². The second kappa shape index (κ2) is 7.04. The number of hydrogen-bond acceptors (Lipinski definition) is 4. The van der Waals surface area contributed by atoms with Crippen LogP contribution in [0.2, 0.25) is 0 Å². The van der Waals surface area contributed by atoms with Crippen molar-refractivity contribution in [3.05, 3.63) is 29.6 Å². The molecule has 5 heteroatoms. The quantitative estimate of drug-likeness (QED) is 0.845. The van der Waals surface area contributed by atoms with E-state index in [4.69, 9.17) is 4.74 Å². The first-order chi connectivity index (χ1) is 12.1. The number of rotatable bonds is 3.